The summed E-state index contributed by atoms with van der Waals surface area (Å²) in [5.41, 5.74) is 1.70. The van der Waals surface area contributed by atoms with Gasteiger partial charge >= 0.3 is 0 Å². The largest absolute Gasteiger partial charge is 0.309 e. The maximum Gasteiger partial charge on any atom is 0.181 e. The van der Waals surface area contributed by atoms with E-state index < -0.39 is 144 Å². The molecule has 0 unspecified atom stereocenters. The van der Waals surface area contributed by atoms with Crippen LogP contribution in [-0.4, -0.2) is 17.2 Å². The molecule has 10 aromatic rings. The standard InChI is InChI=1S/C48H34N2Si/c1-5-19-35(20-6-1)49-42-29-15-13-27-39(42)40-33-34-45-47(48(40)49)41-28-14-16-30-43(41)50(45)44-31-17-18-32-46(44)51(36-21-7-2-8-22-36,37-23-9-3-10-24-37)38-25-11-4-12-26-38/h1-34H/i1D,2D,3D,4D,5D,6D,7D,8D,9D,10D,11D,12D,19D,20D,21D,22D,23D,24D,25D,26D. The first kappa shape index (κ1) is 15.6. The van der Waals surface area contributed by atoms with Gasteiger partial charge < -0.3 is 9.13 Å². The Balaban J connectivity index is 1.51. The molecule has 2 aromatic heterocycles. The molecule has 3 heteroatoms. The third-order valence-corrected chi connectivity index (χ3v) is 13.6. The van der Waals surface area contributed by atoms with E-state index in [4.69, 9.17) is 19.2 Å². The van der Waals surface area contributed by atoms with Crippen molar-refractivity contribution in [2.24, 2.45) is 0 Å². The van der Waals surface area contributed by atoms with Crippen LogP contribution in [-0.2, 0) is 0 Å². The Kier molecular flexibility index (Phi) is 3.64. The Morgan fingerprint density at radius 3 is 1.49 bits per heavy atom. The number of rotatable bonds is 6. The molecule has 0 atom stereocenters. The van der Waals surface area contributed by atoms with E-state index in [2.05, 4.69) is 0 Å². The average molecular weight is 687 g/mol. The van der Waals surface area contributed by atoms with Crippen LogP contribution in [0, 0.1) is 0 Å². The van der Waals surface area contributed by atoms with E-state index >= 15 is 0 Å². The van der Waals surface area contributed by atoms with E-state index in [-0.39, 0.29) is 16.6 Å². The molecule has 0 spiro atoms. The molecule has 8 aromatic carbocycles. The van der Waals surface area contributed by atoms with Crippen LogP contribution in [0.15, 0.2) is 206 Å². The average Bonchev–Trinajstić information content (AvgIpc) is 3.88. The van der Waals surface area contributed by atoms with Gasteiger partial charge in [-0.25, -0.2) is 0 Å². The number of benzene rings is 8. The molecule has 0 amide bonds. The van der Waals surface area contributed by atoms with E-state index in [0.29, 0.717) is 43.6 Å². The van der Waals surface area contributed by atoms with Gasteiger partial charge in [-0.2, -0.15) is 0 Å². The second-order valence-corrected chi connectivity index (χ2v) is 15.3. The molecule has 0 N–H and O–H groups in total. The van der Waals surface area contributed by atoms with Crippen molar-refractivity contribution in [1.29, 1.82) is 0 Å². The molecule has 10 rings (SSSR count). The van der Waals surface area contributed by atoms with Crippen LogP contribution in [0.2, 0.25) is 0 Å². The van der Waals surface area contributed by atoms with Gasteiger partial charge in [0.1, 0.15) is 0 Å². The lowest BCUT2D eigenvalue weighted by atomic mass is 10.1. The number of nitrogens with zero attached hydrogens (tertiary/aromatic N) is 2. The molecule has 0 aliphatic rings. The zero-order chi connectivity index (χ0) is 51.2. The van der Waals surface area contributed by atoms with Crippen LogP contribution < -0.4 is 20.7 Å². The van der Waals surface area contributed by atoms with Crippen molar-refractivity contribution in [2.45, 2.75) is 0 Å². The Labute approximate surface area is 326 Å². The number of aromatic nitrogens is 2. The Morgan fingerprint density at radius 2 is 0.882 bits per heavy atom. The zero-order valence-corrected chi connectivity index (χ0v) is 27.5. The minimum atomic E-state index is -5.61. The first-order chi connectivity index (χ1) is 33.6. The summed E-state index contributed by atoms with van der Waals surface area (Å²) in [5, 5.41) is 0.300. The summed E-state index contributed by atoms with van der Waals surface area (Å²) in [5.74, 6) is 0. The predicted molar refractivity (Wildman–Crippen MR) is 219 cm³/mol. The second kappa shape index (κ2) is 11.9. The minimum Gasteiger partial charge on any atom is -0.309 e. The van der Waals surface area contributed by atoms with E-state index in [1.807, 2.05) is 6.07 Å². The molecule has 0 aliphatic heterocycles. The maximum atomic E-state index is 9.63. The fourth-order valence-electron chi connectivity index (χ4n) is 7.43. The lowest BCUT2D eigenvalue weighted by Gasteiger charge is -2.36. The van der Waals surface area contributed by atoms with Crippen LogP contribution >= 0.6 is 0 Å². The van der Waals surface area contributed by atoms with Crippen LogP contribution in [0.4, 0.5) is 0 Å². The highest BCUT2D eigenvalue weighted by atomic mass is 28.3. The van der Waals surface area contributed by atoms with Crippen molar-refractivity contribution in [3.05, 3.63) is 206 Å². The third kappa shape index (κ3) is 4.35. The molecule has 0 saturated carbocycles. The monoisotopic (exact) mass is 686 g/mol. The topological polar surface area (TPSA) is 9.86 Å². The third-order valence-electron chi connectivity index (χ3n) is 9.35. The summed E-state index contributed by atoms with van der Waals surface area (Å²) in [6.45, 7) is 0. The van der Waals surface area contributed by atoms with Crippen LogP contribution in [0.1, 0.15) is 27.4 Å². The fourth-order valence-corrected chi connectivity index (χ4v) is 11.4. The van der Waals surface area contributed by atoms with Gasteiger partial charge in [0.05, 0.1) is 49.5 Å². The van der Waals surface area contributed by atoms with Crippen molar-refractivity contribution in [2.75, 3.05) is 0 Å². The van der Waals surface area contributed by atoms with Gasteiger partial charge in [0.25, 0.3) is 0 Å². The summed E-state index contributed by atoms with van der Waals surface area (Å²) >= 11 is 0. The Hall–Kier alpha value is -6.42. The number of para-hydroxylation sites is 4. The van der Waals surface area contributed by atoms with Gasteiger partial charge in [-0.05, 0) is 57.1 Å². The van der Waals surface area contributed by atoms with Gasteiger partial charge in [0.2, 0.25) is 0 Å². The van der Waals surface area contributed by atoms with Crippen molar-refractivity contribution < 1.29 is 27.4 Å². The molecule has 240 valence electrons. The van der Waals surface area contributed by atoms with Gasteiger partial charge in [0.15, 0.2) is 8.07 Å². The molecule has 0 fully saturated rings. The Morgan fingerprint density at radius 1 is 0.392 bits per heavy atom. The second-order valence-electron chi connectivity index (χ2n) is 11.8. The predicted octanol–water partition coefficient (Wildman–Crippen LogP) is 9.26. The normalized spacial score (nSPS) is 17.4. The van der Waals surface area contributed by atoms with Crippen molar-refractivity contribution in [1.82, 2.24) is 9.13 Å². The quantitative estimate of drug-likeness (QED) is 0.122. The summed E-state index contributed by atoms with van der Waals surface area (Å²) in [4.78, 5) is 0. The van der Waals surface area contributed by atoms with Gasteiger partial charge in [-0.1, -0.05) is 169 Å². The molecule has 0 saturated heterocycles. The molecular formula is C48H34N2Si. The lowest BCUT2D eigenvalue weighted by Crippen LogP contribution is -2.75. The van der Waals surface area contributed by atoms with Crippen molar-refractivity contribution in [3.63, 3.8) is 0 Å². The highest BCUT2D eigenvalue weighted by molar-refractivity contribution is 7.20. The molecule has 2 heterocycles. The van der Waals surface area contributed by atoms with Crippen molar-refractivity contribution in [3.8, 4) is 11.4 Å². The highest BCUT2D eigenvalue weighted by Gasteiger charge is 2.43. The molecular weight excluding hydrogens is 633 g/mol. The maximum absolute atomic E-state index is 9.63. The van der Waals surface area contributed by atoms with E-state index in [1.54, 1.807) is 75.9 Å². The number of hydrogen-bond donors (Lipinski definition) is 0. The lowest BCUT2D eigenvalue weighted by molar-refractivity contribution is 1.18. The van der Waals surface area contributed by atoms with Crippen LogP contribution in [0.25, 0.3) is 55.0 Å². The van der Waals surface area contributed by atoms with Crippen LogP contribution in [0.3, 0.4) is 0 Å². The Bertz CT molecular complexity index is 3750. The van der Waals surface area contributed by atoms with E-state index in [1.165, 1.54) is 12.1 Å². The van der Waals surface area contributed by atoms with E-state index in [9.17, 15) is 8.22 Å². The first-order valence-electron chi connectivity index (χ1n) is 26.0. The summed E-state index contributed by atoms with van der Waals surface area (Å²) in [7, 11) is -5.61. The van der Waals surface area contributed by atoms with Crippen molar-refractivity contribution >= 4 is 72.4 Å². The molecule has 0 radical (unpaired) electrons. The SMILES string of the molecule is [2H]c1c([2H])c([2H])c(-n2c3ccccc3c3ccc4c(c5ccccc5n4-c4ccccc4[Si](c4c([2H])c([2H])c([2H])c([2H])c4[2H])(c4c([2H])c([2H])c([2H])c([2H])c4[2H])c4c([2H])c([2H])c([2H])c([2H])c4[2H])c32)c([2H])c1[2H]. The molecule has 2 nitrogen and oxygen atoms in total. The summed E-state index contributed by atoms with van der Waals surface area (Å²) < 4.78 is 185. The first-order valence-corrected chi connectivity index (χ1v) is 18.0. The molecule has 0 bridgehead atoms. The molecule has 51 heavy (non-hydrogen) atoms. The van der Waals surface area contributed by atoms with Gasteiger partial charge in [-0.15, -0.1) is 0 Å². The summed E-state index contributed by atoms with van der Waals surface area (Å²) in [6.07, 6.45) is 0. The zero-order valence-electron chi connectivity index (χ0n) is 46.5. The number of fused-ring (bicyclic) bond motifs is 7. The van der Waals surface area contributed by atoms with Gasteiger partial charge in [0, 0.05) is 32.9 Å². The highest BCUT2D eigenvalue weighted by Crippen LogP contribution is 2.41. The smallest absolute Gasteiger partial charge is 0.181 e. The van der Waals surface area contributed by atoms with Gasteiger partial charge in [-0.3, -0.25) is 0 Å². The fraction of sp³-hybridized carbons (Fsp3) is 0. The molecule has 0 aliphatic carbocycles. The number of hydrogen-bond acceptors (Lipinski definition) is 0. The van der Waals surface area contributed by atoms with E-state index in [0.717, 1.165) is 0 Å². The summed E-state index contributed by atoms with van der Waals surface area (Å²) in [6, 6.07) is 7.93. The minimum absolute atomic E-state index is 0.0931. The van der Waals surface area contributed by atoms with Crippen LogP contribution in [0.5, 0.6) is 0 Å².